The third-order valence-electron chi connectivity index (χ3n) is 15.1. The number of carbonyl (C=O) groups excluding carboxylic acids is 4. The fourth-order valence-corrected chi connectivity index (χ4v) is 10.5. The van der Waals surface area contributed by atoms with Crippen molar-refractivity contribution < 1.29 is 56.8 Å². The quantitative estimate of drug-likeness (QED) is 0.0363. The molecule has 0 bridgehead atoms. The van der Waals surface area contributed by atoms with Gasteiger partial charge in [-0.25, -0.2) is 19.2 Å². The van der Waals surface area contributed by atoms with Crippen LogP contribution in [0.15, 0.2) is 130 Å². The van der Waals surface area contributed by atoms with Gasteiger partial charge in [-0.1, -0.05) is 108 Å². The van der Waals surface area contributed by atoms with Crippen molar-refractivity contribution in [1.29, 1.82) is 0 Å². The standard InChI is InChI=1S/C34H46N4O5.C24H30N2O7.C16H21N3O/c1-22-11-13-24(14-12-22)20-23(2)29-36-30(43-37-29)28-10-9-19-38(28)32(40)35-27(31(39)42-34(6,7)8)21-25-15-17-26(18-16-25)41-33(3,4)5;1-23(2,3)32-19-11-7-16(8-12-19)15-20(21(27)33-24(4,5)6)25-22(28)31-18-13-9-17(10-14-18)26(29)30;1-11-5-7-13(8-6-11)10-12(2)15-18-16(20-19-15)14-4-3-9-17-14/h11-18,23,27-28H,9-10,19-21H2,1-8H3,(H,35,40);7-14,20H,15H2,1-6H3,(H,25,28);5-8,12,14,17H,3-4,9-10H2,1-2H3/t23-,27-,28-;20-;12-,14-/m000/s1. The fourth-order valence-electron chi connectivity index (χ4n) is 10.5. The predicted molar refractivity (Wildman–Crippen MR) is 365 cm³/mol. The molecule has 4 heterocycles. The highest BCUT2D eigenvalue weighted by molar-refractivity contribution is 5.85. The van der Waals surface area contributed by atoms with Gasteiger partial charge in [-0.15, -0.1) is 0 Å². The molecule has 516 valence electrons. The summed E-state index contributed by atoms with van der Waals surface area (Å²) in [7, 11) is 0. The predicted octanol–water partition coefficient (Wildman–Crippen LogP) is 14.7. The van der Waals surface area contributed by atoms with Crippen molar-refractivity contribution in [1.82, 2.24) is 41.1 Å². The van der Waals surface area contributed by atoms with E-state index in [0.717, 1.165) is 60.8 Å². The van der Waals surface area contributed by atoms with Gasteiger partial charge in [0.15, 0.2) is 11.6 Å². The molecule has 2 saturated heterocycles. The first kappa shape index (κ1) is 74.2. The van der Waals surface area contributed by atoms with E-state index in [4.69, 9.17) is 37.7 Å². The molecular weight excluding hydrogens is 1220 g/mol. The van der Waals surface area contributed by atoms with Crippen LogP contribution in [0.3, 0.4) is 0 Å². The van der Waals surface area contributed by atoms with Crippen LogP contribution in [0.5, 0.6) is 17.2 Å². The minimum absolute atomic E-state index is 0.0561. The lowest BCUT2D eigenvalue weighted by Gasteiger charge is -2.28. The summed E-state index contributed by atoms with van der Waals surface area (Å²) < 4.78 is 39.1. The lowest BCUT2D eigenvalue weighted by molar-refractivity contribution is -0.384. The molecule has 0 aliphatic carbocycles. The van der Waals surface area contributed by atoms with E-state index in [-0.39, 0.29) is 65.4 Å². The van der Waals surface area contributed by atoms with Gasteiger partial charge in [-0.3, -0.25) is 10.1 Å². The van der Waals surface area contributed by atoms with Crippen molar-refractivity contribution >= 4 is 29.8 Å². The molecule has 2 aliphatic rings. The van der Waals surface area contributed by atoms with E-state index in [9.17, 15) is 29.3 Å². The van der Waals surface area contributed by atoms with Gasteiger partial charge >= 0.3 is 24.1 Å². The van der Waals surface area contributed by atoms with Gasteiger partial charge in [0.1, 0.15) is 57.8 Å². The Morgan fingerprint density at radius 2 is 0.979 bits per heavy atom. The van der Waals surface area contributed by atoms with E-state index in [1.165, 1.54) is 52.9 Å². The van der Waals surface area contributed by atoms with Gasteiger partial charge in [0, 0.05) is 43.4 Å². The van der Waals surface area contributed by atoms with Gasteiger partial charge in [0.05, 0.1) is 11.0 Å². The third kappa shape index (κ3) is 24.5. The van der Waals surface area contributed by atoms with Crippen LogP contribution < -0.4 is 30.2 Å². The van der Waals surface area contributed by atoms with Crippen molar-refractivity contribution in [3.63, 3.8) is 0 Å². The van der Waals surface area contributed by atoms with Gasteiger partial charge in [-0.2, -0.15) is 9.97 Å². The van der Waals surface area contributed by atoms with E-state index < -0.39 is 46.2 Å². The number of hydrogen-bond donors (Lipinski definition) is 3. The van der Waals surface area contributed by atoms with E-state index in [2.05, 4.69) is 107 Å². The second-order valence-electron chi connectivity index (χ2n) is 28.7. The number of rotatable bonds is 20. The van der Waals surface area contributed by atoms with Gasteiger partial charge in [0.25, 0.3) is 5.69 Å². The number of nitrogens with one attached hydrogen (secondary N) is 3. The number of nitro groups is 1. The Morgan fingerprint density at radius 3 is 1.41 bits per heavy atom. The Labute approximate surface area is 564 Å². The van der Waals surface area contributed by atoms with Crippen LogP contribution in [0.1, 0.15) is 203 Å². The largest absolute Gasteiger partial charge is 0.488 e. The maximum Gasteiger partial charge on any atom is 0.413 e. The number of urea groups is 1. The van der Waals surface area contributed by atoms with E-state index in [0.29, 0.717) is 30.4 Å². The van der Waals surface area contributed by atoms with Crippen molar-refractivity contribution in [2.45, 2.75) is 221 Å². The Bertz CT molecular complexity index is 3630. The van der Waals surface area contributed by atoms with Crippen molar-refractivity contribution in [2.24, 2.45) is 0 Å². The first-order valence-corrected chi connectivity index (χ1v) is 32.9. The summed E-state index contributed by atoms with van der Waals surface area (Å²) in [6.45, 7) is 32.4. The Morgan fingerprint density at radius 1 is 0.562 bits per heavy atom. The number of aromatic nitrogens is 4. The molecule has 5 aromatic carbocycles. The zero-order valence-electron chi connectivity index (χ0n) is 58.6. The number of ether oxygens (including phenoxy) is 5. The Balaban J connectivity index is 0.000000216. The topological polar surface area (TPSA) is 275 Å². The maximum atomic E-state index is 13.6. The molecule has 0 spiro atoms. The summed E-state index contributed by atoms with van der Waals surface area (Å²) in [5.41, 5.74) is 4.44. The van der Waals surface area contributed by atoms with Gasteiger partial charge in [-0.05, 0) is 201 Å². The minimum Gasteiger partial charge on any atom is -0.488 e. The van der Waals surface area contributed by atoms with Crippen LogP contribution in [0, 0.1) is 24.0 Å². The van der Waals surface area contributed by atoms with Crippen LogP contribution >= 0.6 is 0 Å². The Kier molecular flexibility index (Phi) is 25.5. The van der Waals surface area contributed by atoms with E-state index in [1.807, 2.05) is 98.7 Å². The molecule has 2 fully saturated rings. The highest BCUT2D eigenvalue weighted by Gasteiger charge is 2.38. The second kappa shape index (κ2) is 33.0. The SMILES string of the molecule is CC(C)(C)OC(=O)[C@H](Cc1ccc(OC(C)(C)C)cc1)NC(=O)Oc1ccc([N+](=O)[O-])cc1.Cc1ccc(C[C@H](C)c2noc([C@@H]3CCCN3)n2)cc1.Cc1ccc(C[C@H](C)c2noc([C@@H]3CCCN3C(=O)N[C@@H](Cc3ccc(OC(C)(C)C)cc3)C(=O)OC(C)(C)C)n2)cc1. The molecule has 2 aliphatic heterocycles. The number of nitro benzene ring substituents is 1. The smallest absolute Gasteiger partial charge is 0.413 e. The monoisotopic (exact) mass is 1320 g/mol. The van der Waals surface area contributed by atoms with Crippen molar-refractivity contribution in [3.8, 4) is 17.2 Å². The molecule has 0 radical (unpaired) electrons. The number of non-ortho nitro benzene ring substituents is 1. The lowest BCUT2D eigenvalue weighted by atomic mass is 10.00. The van der Waals surface area contributed by atoms with Gasteiger partial charge in [0.2, 0.25) is 11.8 Å². The summed E-state index contributed by atoms with van der Waals surface area (Å²) in [5, 5.41) is 28.0. The molecular formula is C74H97N9O13. The summed E-state index contributed by atoms with van der Waals surface area (Å²) in [6, 6.07) is 34.5. The number of esters is 2. The summed E-state index contributed by atoms with van der Waals surface area (Å²) in [5.74, 6) is 3.35. The number of likely N-dealkylation sites (tertiary alicyclic amines) is 1. The highest BCUT2D eigenvalue weighted by Crippen LogP contribution is 2.33. The lowest BCUT2D eigenvalue weighted by Crippen LogP contribution is -2.50. The summed E-state index contributed by atoms with van der Waals surface area (Å²) >= 11 is 0. The molecule has 3 amide bonds. The highest BCUT2D eigenvalue weighted by atomic mass is 16.6. The fraction of sp³-hybridized carbons (Fsp3) is 0.486. The van der Waals surface area contributed by atoms with Crippen LogP contribution in [0.4, 0.5) is 15.3 Å². The summed E-state index contributed by atoms with van der Waals surface area (Å²) in [4.78, 5) is 73.2. The first-order chi connectivity index (χ1) is 45.1. The van der Waals surface area contributed by atoms with Crippen molar-refractivity contribution in [3.05, 3.63) is 188 Å². The number of amides is 3. The summed E-state index contributed by atoms with van der Waals surface area (Å²) in [6.07, 6.45) is 5.06. The molecule has 96 heavy (non-hydrogen) atoms. The molecule has 22 nitrogen and oxygen atoms in total. The average Bonchev–Trinajstić information content (AvgIpc) is 1.70. The van der Waals surface area contributed by atoms with E-state index in [1.54, 1.807) is 37.8 Å². The first-order valence-electron chi connectivity index (χ1n) is 32.9. The number of nitrogens with zero attached hydrogens (tertiary/aromatic N) is 6. The maximum absolute atomic E-state index is 13.6. The molecule has 6 atom stereocenters. The normalized spacial score (nSPS) is 16.1. The van der Waals surface area contributed by atoms with E-state index >= 15 is 0 Å². The number of aryl methyl sites for hydroxylation is 2. The minimum atomic E-state index is -1.01. The number of carbonyl (C=O) groups is 4. The molecule has 7 aromatic rings. The van der Waals surface area contributed by atoms with Crippen LogP contribution in [-0.4, -0.2) is 102 Å². The van der Waals surface area contributed by atoms with Gasteiger partial charge < -0.3 is 53.6 Å². The molecule has 3 N–H and O–H groups in total. The zero-order chi connectivity index (χ0) is 70.1. The molecule has 9 rings (SSSR count). The van der Waals surface area contributed by atoms with Crippen LogP contribution in [-0.2, 0) is 44.7 Å². The molecule has 22 heteroatoms. The van der Waals surface area contributed by atoms with Crippen LogP contribution in [0.2, 0.25) is 0 Å². The second-order valence-corrected chi connectivity index (χ2v) is 28.7. The Hall–Kier alpha value is -9.18. The number of benzene rings is 5. The number of hydrogen-bond acceptors (Lipinski definition) is 18. The zero-order valence-corrected chi connectivity index (χ0v) is 58.6. The van der Waals surface area contributed by atoms with Crippen molar-refractivity contribution in [2.75, 3.05) is 13.1 Å². The average molecular weight is 1320 g/mol. The third-order valence-corrected chi connectivity index (χ3v) is 15.1. The molecule has 0 unspecified atom stereocenters. The molecule has 2 aromatic heterocycles. The molecule has 0 saturated carbocycles. The van der Waals surface area contributed by atoms with Crippen LogP contribution in [0.25, 0.3) is 0 Å².